The van der Waals surface area contributed by atoms with Crippen molar-refractivity contribution in [3.05, 3.63) is 59.9 Å². The van der Waals surface area contributed by atoms with E-state index in [9.17, 15) is 13.2 Å². The smallest absolute Gasteiger partial charge is 0.255 e. The predicted molar refractivity (Wildman–Crippen MR) is 115 cm³/mol. The zero-order chi connectivity index (χ0) is 22.0. The summed E-state index contributed by atoms with van der Waals surface area (Å²) in [4.78, 5) is 15.1. The first kappa shape index (κ1) is 21.1. The molecular weight excluding hydrogens is 418 g/mol. The second-order valence-corrected chi connectivity index (χ2v) is 9.38. The third-order valence-electron chi connectivity index (χ3n) is 5.28. The van der Waals surface area contributed by atoms with Gasteiger partial charge in [-0.25, -0.2) is 13.1 Å². The molecule has 1 saturated heterocycles. The van der Waals surface area contributed by atoms with Crippen LogP contribution in [-0.2, 0) is 10.0 Å². The van der Waals surface area contributed by atoms with E-state index in [-0.39, 0.29) is 10.5 Å². The SMILES string of the molecule is Cc1ccc(-n2cnnn2)cc1NC(=O)c1cccc(S(=O)(=O)N2CCN(C)CC2)c1. The summed E-state index contributed by atoms with van der Waals surface area (Å²) >= 11 is 0. The summed E-state index contributed by atoms with van der Waals surface area (Å²) < 4.78 is 29.0. The van der Waals surface area contributed by atoms with Crippen molar-refractivity contribution in [3.8, 4) is 5.69 Å². The Labute approximate surface area is 180 Å². The maximum absolute atomic E-state index is 13.0. The van der Waals surface area contributed by atoms with Crippen LogP contribution in [-0.4, -0.2) is 77.0 Å². The Morgan fingerprint density at radius 3 is 2.55 bits per heavy atom. The zero-order valence-corrected chi connectivity index (χ0v) is 18.1. The summed E-state index contributed by atoms with van der Waals surface area (Å²) in [5.41, 5.74) is 2.40. The first-order chi connectivity index (χ1) is 14.8. The summed E-state index contributed by atoms with van der Waals surface area (Å²) in [5.74, 6) is -0.396. The van der Waals surface area contributed by atoms with Gasteiger partial charge in [0.05, 0.1) is 10.6 Å². The van der Waals surface area contributed by atoms with Crippen LogP contribution in [0.3, 0.4) is 0 Å². The van der Waals surface area contributed by atoms with Gasteiger partial charge < -0.3 is 10.2 Å². The van der Waals surface area contributed by atoms with Gasteiger partial charge in [-0.1, -0.05) is 12.1 Å². The second-order valence-electron chi connectivity index (χ2n) is 7.44. The van der Waals surface area contributed by atoms with E-state index in [1.54, 1.807) is 18.2 Å². The molecule has 0 saturated carbocycles. The molecule has 0 bridgehead atoms. The number of aromatic nitrogens is 4. The van der Waals surface area contributed by atoms with Crippen LogP contribution in [0.1, 0.15) is 15.9 Å². The number of nitrogens with zero attached hydrogens (tertiary/aromatic N) is 6. The van der Waals surface area contributed by atoms with E-state index < -0.39 is 15.9 Å². The van der Waals surface area contributed by atoms with E-state index >= 15 is 0 Å². The van der Waals surface area contributed by atoms with Gasteiger partial charge in [-0.2, -0.15) is 4.31 Å². The number of amides is 1. The molecule has 162 valence electrons. The van der Waals surface area contributed by atoms with Crippen molar-refractivity contribution in [2.45, 2.75) is 11.8 Å². The molecule has 1 amide bonds. The first-order valence-corrected chi connectivity index (χ1v) is 11.2. The molecule has 2 aromatic carbocycles. The van der Waals surface area contributed by atoms with E-state index in [0.717, 1.165) is 5.56 Å². The highest BCUT2D eigenvalue weighted by molar-refractivity contribution is 7.89. The number of rotatable bonds is 5. The van der Waals surface area contributed by atoms with Crippen LogP contribution in [0.15, 0.2) is 53.7 Å². The van der Waals surface area contributed by atoms with Crippen molar-refractivity contribution in [1.82, 2.24) is 29.4 Å². The van der Waals surface area contributed by atoms with E-state index in [1.165, 1.54) is 27.4 Å². The van der Waals surface area contributed by atoms with Crippen LogP contribution >= 0.6 is 0 Å². The summed E-state index contributed by atoms with van der Waals surface area (Å²) in [6.07, 6.45) is 1.46. The van der Waals surface area contributed by atoms with E-state index in [4.69, 9.17) is 0 Å². The molecule has 1 aliphatic heterocycles. The average molecular weight is 442 g/mol. The maximum atomic E-state index is 13.0. The van der Waals surface area contributed by atoms with Gasteiger partial charge in [-0.3, -0.25) is 4.79 Å². The average Bonchev–Trinajstić information content (AvgIpc) is 3.30. The normalized spacial score (nSPS) is 15.7. The Hall–Kier alpha value is -3.15. The highest BCUT2D eigenvalue weighted by Crippen LogP contribution is 2.22. The molecule has 2 heterocycles. The number of aryl methyl sites for hydroxylation is 1. The lowest BCUT2D eigenvalue weighted by atomic mass is 10.1. The van der Waals surface area contributed by atoms with E-state index in [2.05, 4.69) is 25.7 Å². The molecule has 1 aromatic heterocycles. The third-order valence-corrected chi connectivity index (χ3v) is 7.17. The number of tetrazole rings is 1. The molecule has 0 radical (unpaired) electrons. The Morgan fingerprint density at radius 2 is 1.84 bits per heavy atom. The summed E-state index contributed by atoms with van der Waals surface area (Å²) in [6.45, 7) is 4.08. The van der Waals surface area contributed by atoms with E-state index in [0.29, 0.717) is 37.6 Å². The molecule has 0 spiro atoms. The fraction of sp³-hybridized carbons (Fsp3) is 0.300. The Bertz CT molecular complexity index is 1190. The minimum absolute atomic E-state index is 0.115. The van der Waals surface area contributed by atoms with Crippen LogP contribution in [0.5, 0.6) is 0 Å². The number of carbonyl (C=O) groups excluding carboxylic acids is 1. The molecule has 1 fully saturated rings. The number of hydrogen-bond acceptors (Lipinski definition) is 7. The highest BCUT2D eigenvalue weighted by atomic mass is 32.2. The number of sulfonamides is 1. The van der Waals surface area contributed by atoms with Crippen LogP contribution in [0, 0.1) is 6.92 Å². The molecule has 31 heavy (non-hydrogen) atoms. The molecular formula is C20H23N7O3S. The third kappa shape index (κ3) is 4.48. The predicted octanol–water partition coefficient (Wildman–Crippen LogP) is 1.16. The molecule has 11 heteroatoms. The van der Waals surface area contributed by atoms with Crippen molar-refractivity contribution in [3.63, 3.8) is 0 Å². The summed E-state index contributed by atoms with van der Waals surface area (Å²) in [7, 11) is -1.69. The fourth-order valence-electron chi connectivity index (χ4n) is 3.34. The van der Waals surface area contributed by atoms with Gasteiger partial charge in [-0.15, -0.1) is 5.10 Å². The van der Waals surface area contributed by atoms with Crippen molar-refractivity contribution in [2.75, 3.05) is 38.5 Å². The van der Waals surface area contributed by atoms with Crippen LogP contribution in [0.4, 0.5) is 5.69 Å². The fourth-order valence-corrected chi connectivity index (χ4v) is 4.81. The van der Waals surface area contributed by atoms with Crippen molar-refractivity contribution in [1.29, 1.82) is 0 Å². The zero-order valence-electron chi connectivity index (χ0n) is 17.3. The van der Waals surface area contributed by atoms with Gasteiger partial charge in [0, 0.05) is 37.4 Å². The number of anilines is 1. The number of hydrogen-bond donors (Lipinski definition) is 1. The second kappa shape index (κ2) is 8.53. The minimum atomic E-state index is -3.66. The first-order valence-electron chi connectivity index (χ1n) is 9.79. The molecule has 0 unspecified atom stereocenters. The Kier molecular flexibility index (Phi) is 5.81. The largest absolute Gasteiger partial charge is 0.322 e. The monoisotopic (exact) mass is 441 g/mol. The molecule has 0 atom stereocenters. The topological polar surface area (TPSA) is 113 Å². The molecule has 3 aromatic rings. The van der Waals surface area contributed by atoms with Crippen molar-refractivity contribution in [2.24, 2.45) is 0 Å². The van der Waals surface area contributed by atoms with Gasteiger partial charge in [0.2, 0.25) is 10.0 Å². The van der Waals surface area contributed by atoms with Crippen molar-refractivity contribution < 1.29 is 13.2 Å². The van der Waals surface area contributed by atoms with Gasteiger partial charge in [0.1, 0.15) is 6.33 Å². The molecule has 0 aliphatic carbocycles. The van der Waals surface area contributed by atoms with Gasteiger partial charge in [0.15, 0.2) is 0 Å². The van der Waals surface area contributed by atoms with Gasteiger partial charge in [0.25, 0.3) is 5.91 Å². The highest BCUT2D eigenvalue weighted by Gasteiger charge is 2.28. The molecule has 10 nitrogen and oxygen atoms in total. The number of nitrogens with one attached hydrogen (secondary N) is 1. The Balaban J connectivity index is 1.56. The lowest BCUT2D eigenvalue weighted by Gasteiger charge is -2.31. The lowest BCUT2D eigenvalue weighted by molar-refractivity contribution is 0.102. The van der Waals surface area contributed by atoms with Gasteiger partial charge in [-0.05, 0) is 60.3 Å². The molecule has 4 rings (SSSR count). The summed E-state index contributed by atoms with van der Waals surface area (Å²) in [6, 6.07) is 11.6. The summed E-state index contributed by atoms with van der Waals surface area (Å²) in [5, 5.41) is 13.9. The Morgan fingerprint density at radius 1 is 1.06 bits per heavy atom. The number of carbonyl (C=O) groups is 1. The maximum Gasteiger partial charge on any atom is 0.255 e. The van der Waals surface area contributed by atoms with Crippen LogP contribution in [0.2, 0.25) is 0 Å². The van der Waals surface area contributed by atoms with Crippen molar-refractivity contribution >= 4 is 21.6 Å². The molecule has 1 N–H and O–H groups in total. The lowest BCUT2D eigenvalue weighted by Crippen LogP contribution is -2.47. The van der Waals surface area contributed by atoms with Crippen LogP contribution < -0.4 is 5.32 Å². The molecule has 1 aliphatic rings. The number of likely N-dealkylation sites (N-methyl/N-ethyl adjacent to an activating group) is 1. The quantitative estimate of drug-likeness (QED) is 0.632. The minimum Gasteiger partial charge on any atom is -0.322 e. The number of piperazine rings is 1. The van der Waals surface area contributed by atoms with Gasteiger partial charge >= 0.3 is 0 Å². The standard InChI is InChI=1S/C20H23N7O3S/c1-15-6-7-17(27-14-21-23-24-27)13-19(15)22-20(28)16-4-3-5-18(12-16)31(29,30)26-10-8-25(2)9-11-26/h3-7,12-14H,8-11H2,1-2H3,(H,22,28). The van der Waals surface area contributed by atoms with Crippen LogP contribution in [0.25, 0.3) is 5.69 Å². The van der Waals surface area contributed by atoms with E-state index in [1.807, 2.05) is 26.1 Å². The number of benzene rings is 2.